The van der Waals surface area contributed by atoms with Crippen molar-refractivity contribution in [1.82, 2.24) is 10.3 Å². The Morgan fingerprint density at radius 2 is 1.97 bits per heavy atom. The van der Waals surface area contributed by atoms with E-state index < -0.39 is 0 Å². The molecule has 32 heavy (non-hydrogen) atoms. The van der Waals surface area contributed by atoms with Gasteiger partial charge in [0.2, 0.25) is 11.8 Å². The van der Waals surface area contributed by atoms with Crippen molar-refractivity contribution in [3.63, 3.8) is 0 Å². The molecular formula is C25H29FN2O3S. The van der Waals surface area contributed by atoms with Gasteiger partial charge in [0.05, 0.1) is 29.7 Å². The number of aromatic nitrogens is 1. The Kier molecular flexibility index (Phi) is 8.73. The van der Waals surface area contributed by atoms with Crippen LogP contribution >= 0.6 is 11.8 Å². The second-order valence-electron chi connectivity index (χ2n) is 7.55. The molecule has 0 unspecified atom stereocenters. The minimum Gasteiger partial charge on any atom is -0.494 e. The van der Waals surface area contributed by atoms with E-state index in [2.05, 4.69) is 17.2 Å². The molecule has 0 radical (unpaired) electrons. The van der Waals surface area contributed by atoms with Crippen LogP contribution in [0.3, 0.4) is 0 Å². The Morgan fingerprint density at radius 3 is 2.69 bits per heavy atom. The molecule has 0 spiro atoms. The van der Waals surface area contributed by atoms with Gasteiger partial charge in [0.15, 0.2) is 0 Å². The zero-order valence-corrected chi connectivity index (χ0v) is 19.5. The summed E-state index contributed by atoms with van der Waals surface area (Å²) in [5.74, 6) is 2.11. The molecule has 0 saturated heterocycles. The molecule has 0 aliphatic carbocycles. The van der Waals surface area contributed by atoms with E-state index in [1.54, 1.807) is 25.1 Å². The van der Waals surface area contributed by atoms with Gasteiger partial charge in [-0.1, -0.05) is 37.6 Å². The van der Waals surface area contributed by atoms with Crippen LogP contribution in [-0.2, 0) is 10.5 Å². The molecule has 7 heteroatoms. The quantitative estimate of drug-likeness (QED) is 0.354. The van der Waals surface area contributed by atoms with Gasteiger partial charge in [-0.15, -0.1) is 11.8 Å². The van der Waals surface area contributed by atoms with Gasteiger partial charge < -0.3 is 14.5 Å². The lowest BCUT2D eigenvalue weighted by atomic mass is 10.1. The Balaban J connectivity index is 1.46. The molecule has 1 N–H and O–H groups in total. The number of hydrogen-bond acceptors (Lipinski definition) is 5. The Hall–Kier alpha value is -2.80. The van der Waals surface area contributed by atoms with Crippen LogP contribution in [0.1, 0.15) is 49.7 Å². The molecule has 3 aromatic rings. The molecule has 1 heterocycles. The lowest BCUT2D eigenvalue weighted by molar-refractivity contribution is -0.119. The molecule has 3 rings (SSSR count). The minimum atomic E-state index is -0.373. The first-order valence-corrected chi connectivity index (χ1v) is 11.9. The van der Waals surface area contributed by atoms with Crippen molar-refractivity contribution >= 4 is 17.7 Å². The highest BCUT2D eigenvalue weighted by molar-refractivity contribution is 7.99. The predicted molar refractivity (Wildman–Crippen MR) is 126 cm³/mol. The van der Waals surface area contributed by atoms with Gasteiger partial charge in [-0.05, 0) is 50.1 Å². The van der Waals surface area contributed by atoms with Gasteiger partial charge in [-0.3, -0.25) is 4.79 Å². The van der Waals surface area contributed by atoms with Crippen molar-refractivity contribution in [3.8, 4) is 17.2 Å². The third-order valence-corrected chi connectivity index (χ3v) is 5.94. The van der Waals surface area contributed by atoms with Crippen LogP contribution in [0.4, 0.5) is 4.39 Å². The van der Waals surface area contributed by atoms with Gasteiger partial charge >= 0.3 is 0 Å². The van der Waals surface area contributed by atoms with Gasteiger partial charge in [0.25, 0.3) is 0 Å². The maximum Gasteiger partial charge on any atom is 0.230 e. The number of ether oxygens (including phenoxy) is 1. The minimum absolute atomic E-state index is 0.0544. The van der Waals surface area contributed by atoms with Crippen LogP contribution in [0.2, 0.25) is 0 Å². The highest BCUT2D eigenvalue weighted by atomic mass is 32.2. The molecule has 0 fully saturated rings. The van der Waals surface area contributed by atoms with E-state index in [4.69, 9.17) is 9.15 Å². The first-order valence-electron chi connectivity index (χ1n) is 10.8. The smallest absolute Gasteiger partial charge is 0.230 e. The standard InChI is InChI=1S/C25H29FN2O3S/c1-4-5-14-30-20-12-10-19(11-13-20)17(2)27-24(29)16-32-15-23-18(3)31-25(28-23)21-8-6-7-9-22(21)26/h6-13,17H,4-5,14-16H2,1-3H3,(H,27,29)/t17-/m0/s1. The summed E-state index contributed by atoms with van der Waals surface area (Å²) in [5, 5.41) is 3.01. The highest BCUT2D eigenvalue weighted by Gasteiger charge is 2.15. The van der Waals surface area contributed by atoms with Gasteiger partial charge in [0, 0.05) is 5.75 Å². The van der Waals surface area contributed by atoms with Crippen molar-refractivity contribution in [3.05, 3.63) is 71.4 Å². The molecular weight excluding hydrogens is 427 g/mol. The zero-order chi connectivity index (χ0) is 22.9. The zero-order valence-electron chi connectivity index (χ0n) is 18.7. The molecule has 0 aliphatic rings. The van der Waals surface area contributed by atoms with Crippen LogP contribution in [0.15, 0.2) is 52.9 Å². The average Bonchev–Trinajstić information content (AvgIpc) is 3.15. The van der Waals surface area contributed by atoms with E-state index >= 15 is 0 Å². The number of nitrogens with zero attached hydrogens (tertiary/aromatic N) is 1. The number of amides is 1. The average molecular weight is 457 g/mol. The van der Waals surface area contributed by atoms with Gasteiger partial charge in [-0.2, -0.15) is 0 Å². The summed E-state index contributed by atoms with van der Waals surface area (Å²) in [4.78, 5) is 16.8. The molecule has 1 amide bonds. The number of hydrogen-bond donors (Lipinski definition) is 1. The summed E-state index contributed by atoms with van der Waals surface area (Å²) in [5.41, 5.74) is 2.07. The van der Waals surface area contributed by atoms with Crippen LogP contribution in [0.25, 0.3) is 11.5 Å². The molecule has 2 aromatic carbocycles. The van der Waals surface area contributed by atoms with E-state index in [1.165, 1.54) is 17.8 Å². The summed E-state index contributed by atoms with van der Waals surface area (Å²) < 4.78 is 25.3. The number of carbonyl (C=O) groups excluding carboxylic acids is 1. The van der Waals surface area contributed by atoms with Crippen molar-refractivity contribution < 1.29 is 18.3 Å². The normalized spacial score (nSPS) is 11.9. The molecule has 0 aliphatic heterocycles. The SMILES string of the molecule is CCCCOc1ccc([C@H](C)NC(=O)CSCc2nc(-c3ccccc3F)oc2C)cc1. The first-order chi connectivity index (χ1) is 15.5. The van der Waals surface area contributed by atoms with Crippen LogP contribution in [-0.4, -0.2) is 23.3 Å². The maximum atomic E-state index is 14.0. The highest BCUT2D eigenvalue weighted by Crippen LogP contribution is 2.26. The van der Waals surface area contributed by atoms with Gasteiger partial charge in [0.1, 0.15) is 17.3 Å². The Labute approximate surface area is 192 Å². The van der Waals surface area contributed by atoms with E-state index in [9.17, 15) is 9.18 Å². The number of oxazole rings is 1. The van der Waals surface area contributed by atoms with Crippen LogP contribution in [0.5, 0.6) is 5.75 Å². The van der Waals surface area contributed by atoms with E-state index in [1.807, 2.05) is 31.2 Å². The summed E-state index contributed by atoms with van der Waals surface area (Å²) in [6.45, 7) is 6.60. The Bertz CT molecular complexity index is 1020. The molecule has 1 atom stereocenters. The van der Waals surface area contributed by atoms with E-state index in [-0.39, 0.29) is 23.7 Å². The summed E-state index contributed by atoms with van der Waals surface area (Å²) in [7, 11) is 0. The monoisotopic (exact) mass is 456 g/mol. The number of thioether (sulfide) groups is 1. The fourth-order valence-electron chi connectivity index (χ4n) is 3.11. The molecule has 1 aromatic heterocycles. The maximum absolute atomic E-state index is 14.0. The molecule has 170 valence electrons. The van der Waals surface area contributed by atoms with Crippen molar-refractivity contribution in [2.24, 2.45) is 0 Å². The third-order valence-electron chi connectivity index (χ3n) is 4.99. The first kappa shape index (κ1) is 23.9. The lowest BCUT2D eigenvalue weighted by Crippen LogP contribution is -2.28. The Morgan fingerprint density at radius 1 is 1.22 bits per heavy atom. The fraction of sp³-hybridized carbons (Fsp3) is 0.360. The summed E-state index contributed by atoms with van der Waals surface area (Å²) in [6.07, 6.45) is 2.13. The predicted octanol–water partition coefficient (Wildman–Crippen LogP) is 6.08. The second kappa shape index (κ2) is 11.7. The van der Waals surface area contributed by atoms with E-state index in [0.717, 1.165) is 24.2 Å². The molecule has 0 saturated carbocycles. The molecule has 0 bridgehead atoms. The largest absolute Gasteiger partial charge is 0.494 e. The summed E-state index contributed by atoms with van der Waals surface area (Å²) in [6, 6.07) is 14.1. The number of rotatable bonds is 11. The second-order valence-corrected chi connectivity index (χ2v) is 8.54. The molecule has 5 nitrogen and oxygen atoms in total. The number of halogens is 1. The topological polar surface area (TPSA) is 64.4 Å². The van der Waals surface area contributed by atoms with Crippen LogP contribution in [0, 0.1) is 12.7 Å². The van der Waals surface area contributed by atoms with Crippen molar-refractivity contribution in [2.75, 3.05) is 12.4 Å². The summed E-state index contributed by atoms with van der Waals surface area (Å²) >= 11 is 1.44. The van der Waals surface area contributed by atoms with Crippen molar-refractivity contribution in [1.29, 1.82) is 0 Å². The lowest BCUT2D eigenvalue weighted by Gasteiger charge is -2.15. The fourth-order valence-corrected chi connectivity index (χ4v) is 3.94. The van der Waals surface area contributed by atoms with Crippen LogP contribution < -0.4 is 10.1 Å². The number of benzene rings is 2. The van der Waals surface area contributed by atoms with Gasteiger partial charge in [-0.25, -0.2) is 9.37 Å². The number of unbranched alkanes of at least 4 members (excludes halogenated alkanes) is 1. The van der Waals surface area contributed by atoms with Crippen molar-refractivity contribution in [2.45, 2.75) is 45.4 Å². The number of carbonyl (C=O) groups is 1. The van der Waals surface area contributed by atoms with E-state index in [0.29, 0.717) is 35.1 Å². The third kappa shape index (κ3) is 6.60. The number of nitrogens with one attached hydrogen (secondary N) is 1. The number of aryl methyl sites for hydroxylation is 1.